The van der Waals surface area contributed by atoms with E-state index < -0.39 is 4.92 Å². The van der Waals surface area contributed by atoms with Gasteiger partial charge in [-0.2, -0.15) is 4.98 Å². The molecule has 0 bridgehead atoms. The summed E-state index contributed by atoms with van der Waals surface area (Å²) in [4.78, 5) is 17.9. The lowest BCUT2D eigenvalue weighted by molar-refractivity contribution is -0.385. The largest absolute Gasteiger partial charge is 0.428 e. The highest BCUT2D eigenvalue weighted by atomic mass is 35.5. The van der Waals surface area contributed by atoms with E-state index in [0.717, 1.165) is 0 Å². The number of hydrazine groups is 1. The van der Waals surface area contributed by atoms with Gasteiger partial charge in [0, 0.05) is 6.07 Å². The van der Waals surface area contributed by atoms with Crippen LogP contribution in [0.1, 0.15) is 0 Å². The van der Waals surface area contributed by atoms with E-state index in [1.54, 1.807) is 0 Å². The maximum absolute atomic E-state index is 10.9. The van der Waals surface area contributed by atoms with Gasteiger partial charge in [-0.25, -0.2) is 10.8 Å². The van der Waals surface area contributed by atoms with Gasteiger partial charge in [0.2, 0.25) is 17.6 Å². The molecule has 0 atom stereocenters. The van der Waals surface area contributed by atoms with E-state index in [1.807, 2.05) is 0 Å². The number of rotatable bonds is 4. The predicted octanol–water partition coefficient (Wildman–Crippen LogP) is 2.77. The van der Waals surface area contributed by atoms with Crippen LogP contribution < -0.4 is 16.0 Å². The van der Waals surface area contributed by atoms with E-state index >= 15 is 0 Å². The molecule has 20 heavy (non-hydrogen) atoms. The zero-order chi connectivity index (χ0) is 14.7. The Labute approximate surface area is 122 Å². The molecule has 1 heterocycles. The molecule has 2 aromatic rings. The number of anilines is 1. The van der Waals surface area contributed by atoms with Crippen molar-refractivity contribution in [1.29, 1.82) is 0 Å². The van der Waals surface area contributed by atoms with E-state index in [9.17, 15) is 10.1 Å². The van der Waals surface area contributed by atoms with Crippen LogP contribution in [0.3, 0.4) is 0 Å². The highest BCUT2D eigenvalue weighted by Gasteiger charge is 2.21. The number of hydrogen-bond donors (Lipinski definition) is 2. The molecule has 104 valence electrons. The van der Waals surface area contributed by atoms with Gasteiger partial charge in [-0.1, -0.05) is 29.3 Å². The van der Waals surface area contributed by atoms with Crippen molar-refractivity contribution in [1.82, 2.24) is 9.97 Å². The molecule has 0 saturated carbocycles. The summed E-state index contributed by atoms with van der Waals surface area (Å²) < 4.78 is 5.32. The summed E-state index contributed by atoms with van der Waals surface area (Å²) in [6.45, 7) is 0. The van der Waals surface area contributed by atoms with Gasteiger partial charge in [0.25, 0.3) is 0 Å². The Morgan fingerprint density at radius 1 is 1.35 bits per heavy atom. The van der Waals surface area contributed by atoms with Crippen LogP contribution in [-0.2, 0) is 0 Å². The van der Waals surface area contributed by atoms with Crippen LogP contribution in [0.4, 0.5) is 11.6 Å². The summed E-state index contributed by atoms with van der Waals surface area (Å²) in [6, 6.07) is 4.13. The van der Waals surface area contributed by atoms with Crippen LogP contribution >= 0.6 is 23.2 Å². The average Bonchev–Trinajstić information content (AvgIpc) is 2.43. The van der Waals surface area contributed by atoms with Crippen molar-refractivity contribution in [3.8, 4) is 11.6 Å². The van der Waals surface area contributed by atoms with E-state index in [0.29, 0.717) is 0 Å². The number of ether oxygens (including phenoxy) is 1. The molecule has 10 heteroatoms. The Morgan fingerprint density at radius 2 is 2.10 bits per heavy atom. The predicted molar refractivity (Wildman–Crippen MR) is 73.0 cm³/mol. The van der Waals surface area contributed by atoms with Crippen LogP contribution in [0.2, 0.25) is 10.0 Å². The zero-order valence-electron chi connectivity index (χ0n) is 9.71. The highest BCUT2D eigenvalue weighted by Crippen LogP contribution is 2.39. The molecular weight excluding hydrogens is 309 g/mol. The third-order valence-electron chi connectivity index (χ3n) is 2.18. The van der Waals surface area contributed by atoms with Crippen molar-refractivity contribution in [2.75, 3.05) is 5.43 Å². The molecule has 2 rings (SSSR count). The van der Waals surface area contributed by atoms with Gasteiger partial charge < -0.3 is 4.74 Å². The Kier molecular flexibility index (Phi) is 4.18. The van der Waals surface area contributed by atoms with Crippen LogP contribution in [0.25, 0.3) is 0 Å². The molecule has 8 nitrogen and oxygen atoms in total. The number of aromatic nitrogens is 2. The number of nitro groups is 1. The molecule has 0 spiro atoms. The quantitative estimate of drug-likeness (QED) is 0.506. The second-order valence-corrected chi connectivity index (χ2v) is 4.25. The normalized spacial score (nSPS) is 10.2. The Hall–Kier alpha value is -2.16. The van der Waals surface area contributed by atoms with Gasteiger partial charge in [0.15, 0.2) is 0 Å². The molecule has 1 aromatic heterocycles. The molecule has 0 saturated heterocycles. The zero-order valence-corrected chi connectivity index (χ0v) is 11.2. The first-order valence-corrected chi connectivity index (χ1v) is 5.88. The number of nitro benzene ring substituents is 1. The van der Waals surface area contributed by atoms with Crippen LogP contribution in [-0.4, -0.2) is 14.9 Å². The Morgan fingerprint density at radius 3 is 2.75 bits per heavy atom. The summed E-state index contributed by atoms with van der Waals surface area (Å²) in [6.07, 6.45) is 1.24. The number of hydrogen-bond acceptors (Lipinski definition) is 7. The smallest absolute Gasteiger partial charge is 0.313 e. The number of para-hydroxylation sites is 1. The molecule has 0 aliphatic rings. The van der Waals surface area contributed by atoms with Crippen LogP contribution in [0, 0.1) is 10.1 Å². The summed E-state index contributed by atoms with van der Waals surface area (Å²) >= 11 is 11.7. The summed E-state index contributed by atoms with van der Waals surface area (Å²) in [5, 5.41) is 11.0. The first-order valence-electron chi connectivity index (χ1n) is 5.13. The van der Waals surface area contributed by atoms with E-state index in [1.165, 1.54) is 24.4 Å². The van der Waals surface area contributed by atoms with Crippen molar-refractivity contribution in [2.24, 2.45) is 5.84 Å². The monoisotopic (exact) mass is 315 g/mol. The van der Waals surface area contributed by atoms with Gasteiger partial charge in [0.1, 0.15) is 5.02 Å². The molecule has 0 fully saturated rings. The third kappa shape index (κ3) is 2.87. The molecular formula is C10H7Cl2N5O3. The summed E-state index contributed by atoms with van der Waals surface area (Å²) in [5.41, 5.74) is 1.89. The van der Waals surface area contributed by atoms with Crippen molar-refractivity contribution in [2.45, 2.75) is 0 Å². The molecule has 0 aliphatic heterocycles. The van der Waals surface area contributed by atoms with Gasteiger partial charge in [-0.05, 0) is 6.07 Å². The van der Waals surface area contributed by atoms with Gasteiger partial charge in [-0.3, -0.25) is 15.5 Å². The number of benzene rings is 1. The molecule has 0 aliphatic carbocycles. The van der Waals surface area contributed by atoms with Crippen LogP contribution in [0.5, 0.6) is 11.6 Å². The minimum atomic E-state index is -0.627. The molecule has 0 amide bonds. The Bertz CT molecular complexity index is 667. The molecule has 1 aromatic carbocycles. The first kappa shape index (κ1) is 14.3. The second-order valence-electron chi connectivity index (χ2n) is 3.44. The molecule has 3 N–H and O–H groups in total. The average molecular weight is 316 g/mol. The maximum Gasteiger partial charge on any atom is 0.313 e. The maximum atomic E-state index is 10.9. The van der Waals surface area contributed by atoms with Crippen molar-refractivity contribution < 1.29 is 9.66 Å². The minimum absolute atomic E-state index is 0.0408. The molecule has 0 radical (unpaired) electrons. The lowest BCUT2D eigenvalue weighted by atomic mass is 10.3. The fourth-order valence-corrected chi connectivity index (χ4v) is 1.67. The van der Waals surface area contributed by atoms with Gasteiger partial charge >= 0.3 is 5.69 Å². The van der Waals surface area contributed by atoms with Gasteiger partial charge in [-0.15, -0.1) is 0 Å². The number of nitrogens with one attached hydrogen (secondary N) is 1. The number of nitrogens with zero attached hydrogens (tertiary/aromatic N) is 3. The fourth-order valence-electron chi connectivity index (χ4n) is 1.33. The summed E-state index contributed by atoms with van der Waals surface area (Å²) in [7, 11) is 0. The lowest BCUT2D eigenvalue weighted by Crippen LogP contribution is -2.10. The molecule has 0 unspecified atom stereocenters. The van der Waals surface area contributed by atoms with E-state index in [2.05, 4.69) is 15.4 Å². The van der Waals surface area contributed by atoms with Gasteiger partial charge in [0.05, 0.1) is 16.1 Å². The topological polar surface area (TPSA) is 116 Å². The summed E-state index contributed by atoms with van der Waals surface area (Å²) in [5.74, 6) is 4.93. The minimum Gasteiger partial charge on any atom is -0.428 e. The van der Waals surface area contributed by atoms with Crippen LogP contribution in [0.15, 0.2) is 24.4 Å². The lowest BCUT2D eigenvalue weighted by Gasteiger charge is -2.09. The third-order valence-corrected chi connectivity index (χ3v) is 2.74. The SMILES string of the molecule is NNc1ncc(Cl)c(Oc2c(Cl)cccc2[N+](=O)[O-])n1. The van der Waals surface area contributed by atoms with Crippen molar-refractivity contribution >= 4 is 34.8 Å². The second kappa shape index (κ2) is 5.87. The van der Waals surface area contributed by atoms with E-state index in [-0.39, 0.29) is 33.3 Å². The number of halogens is 2. The van der Waals surface area contributed by atoms with Crippen molar-refractivity contribution in [3.05, 3.63) is 44.6 Å². The highest BCUT2D eigenvalue weighted by molar-refractivity contribution is 6.33. The fraction of sp³-hybridized carbons (Fsp3) is 0. The Balaban J connectivity index is 2.47. The van der Waals surface area contributed by atoms with E-state index in [4.69, 9.17) is 33.8 Å². The van der Waals surface area contributed by atoms with Crippen molar-refractivity contribution in [3.63, 3.8) is 0 Å². The number of nitrogens with two attached hydrogens (primary N) is 1. The first-order chi connectivity index (χ1) is 9.52. The number of nitrogen functional groups attached to an aromatic ring is 1. The standard InChI is InChI=1S/C10H7Cl2N5O3/c11-5-2-1-3-7(17(18)19)8(5)20-9-6(12)4-14-10(15-9)16-13/h1-4H,13H2,(H,14,15,16).